The molecule has 0 aromatic carbocycles. The van der Waals surface area contributed by atoms with Crippen LogP contribution in [0.3, 0.4) is 0 Å². The predicted octanol–water partition coefficient (Wildman–Crippen LogP) is 4.51. The summed E-state index contributed by atoms with van der Waals surface area (Å²) in [5.41, 5.74) is -0.694. The van der Waals surface area contributed by atoms with Gasteiger partial charge in [0.05, 0.1) is 26.0 Å². The monoisotopic (exact) mass is 527 g/mol. The summed E-state index contributed by atoms with van der Waals surface area (Å²) in [7, 11) is 0. The number of aliphatic hydroxyl groups is 1. The number of ether oxygens (including phenoxy) is 1. The molecule has 0 saturated heterocycles. The van der Waals surface area contributed by atoms with E-state index in [-0.39, 0.29) is 5.75 Å². The van der Waals surface area contributed by atoms with Crippen molar-refractivity contribution in [2.75, 3.05) is 0 Å². The summed E-state index contributed by atoms with van der Waals surface area (Å²) in [6.45, 7) is 0.353. The van der Waals surface area contributed by atoms with Crippen molar-refractivity contribution in [1.82, 2.24) is 24.3 Å². The van der Waals surface area contributed by atoms with Crippen molar-refractivity contribution >= 4 is 17.7 Å². The molecular formula is C26H22ClF2N5O3. The van der Waals surface area contributed by atoms with Crippen LogP contribution >= 0.6 is 11.6 Å². The molecule has 0 unspecified atom stereocenters. The van der Waals surface area contributed by atoms with Crippen LogP contribution in [-0.4, -0.2) is 29.4 Å². The molecule has 1 N–H and O–H groups in total. The minimum absolute atomic E-state index is 0.318. The Morgan fingerprint density at radius 2 is 2.05 bits per heavy atom. The maximum atomic E-state index is 14.3. The van der Waals surface area contributed by atoms with Crippen LogP contribution in [-0.2, 0) is 18.6 Å². The maximum absolute atomic E-state index is 14.3. The Morgan fingerprint density at radius 1 is 1.24 bits per heavy atom. The topological polar surface area (TPSA) is 95.1 Å². The standard InChI is InChI=1S/C26H22ClF2N5O3/c1-26(2,36)22-7-8-33(32-22)23-11-20-15(12-31-23)5-3-4-6-17-10-21(24(27)25(35)34(17)20)37-14-19-18(29)9-16(28)13-30-19/h4,6-13,36H,3,5,14H2,1-2H3/b6-4-/i14D2. The third kappa shape index (κ3) is 4.90. The fourth-order valence-electron chi connectivity index (χ4n) is 3.83. The largest absolute Gasteiger partial charge is 0.485 e. The molecule has 0 fully saturated rings. The Morgan fingerprint density at radius 3 is 2.78 bits per heavy atom. The normalized spacial score (nSPS) is 15.1. The molecule has 5 rings (SSSR count). The molecule has 11 heteroatoms. The molecule has 37 heavy (non-hydrogen) atoms. The number of halogens is 3. The number of nitrogens with zero attached hydrogens (tertiary/aromatic N) is 5. The van der Waals surface area contributed by atoms with E-state index in [0.29, 0.717) is 48.0 Å². The molecule has 4 aromatic heterocycles. The predicted molar refractivity (Wildman–Crippen MR) is 133 cm³/mol. The van der Waals surface area contributed by atoms with Crippen LogP contribution in [0.4, 0.5) is 8.78 Å². The first-order valence-electron chi connectivity index (χ1n) is 12.3. The molecule has 0 spiro atoms. The minimum atomic E-state index is -2.87. The molecule has 0 atom stereocenters. The average Bonchev–Trinajstić information content (AvgIpc) is 3.35. The zero-order chi connectivity index (χ0) is 28.1. The Hall–Kier alpha value is -3.89. The van der Waals surface area contributed by atoms with Crippen molar-refractivity contribution in [3.05, 3.63) is 98.6 Å². The molecule has 0 radical (unpaired) electrons. The Bertz CT molecular complexity index is 1680. The molecule has 0 amide bonds. The first-order chi connectivity index (χ1) is 18.3. The number of hydrogen-bond donors (Lipinski definition) is 1. The van der Waals surface area contributed by atoms with Gasteiger partial charge in [0, 0.05) is 30.6 Å². The van der Waals surface area contributed by atoms with E-state index in [9.17, 15) is 18.7 Å². The highest BCUT2D eigenvalue weighted by molar-refractivity contribution is 6.31. The molecule has 8 nitrogen and oxygen atoms in total. The van der Waals surface area contributed by atoms with Crippen molar-refractivity contribution in [3.8, 4) is 17.3 Å². The molecule has 4 aromatic rings. The average molecular weight is 528 g/mol. The van der Waals surface area contributed by atoms with Gasteiger partial charge in [-0.2, -0.15) is 5.10 Å². The molecular weight excluding hydrogens is 504 g/mol. The van der Waals surface area contributed by atoms with Gasteiger partial charge in [0.15, 0.2) is 11.6 Å². The lowest BCUT2D eigenvalue weighted by molar-refractivity contribution is 0.0734. The third-order valence-electron chi connectivity index (χ3n) is 5.72. The van der Waals surface area contributed by atoms with E-state index < -0.39 is 40.1 Å². The minimum Gasteiger partial charge on any atom is -0.485 e. The van der Waals surface area contributed by atoms with Gasteiger partial charge in [-0.1, -0.05) is 17.7 Å². The van der Waals surface area contributed by atoms with Gasteiger partial charge >= 0.3 is 0 Å². The molecule has 0 saturated carbocycles. The van der Waals surface area contributed by atoms with Crippen molar-refractivity contribution in [2.24, 2.45) is 0 Å². The summed E-state index contributed by atoms with van der Waals surface area (Å²) in [6, 6.07) is 5.16. The summed E-state index contributed by atoms with van der Waals surface area (Å²) < 4.78 is 52.1. The summed E-state index contributed by atoms with van der Waals surface area (Å²) in [6.07, 6.45) is 8.63. The van der Waals surface area contributed by atoms with Crippen molar-refractivity contribution in [3.63, 3.8) is 0 Å². The van der Waals surface area contributed by atoms with Crippen LogP contribution in [0.25, 0.3) is 17.6 Å². The Balaban J connectivity index is 1.61. The zero-order valence-corrected chi connectivity index (χ0v) is 20.5. The highest BCUT2D eigenvalue weighted by Crippen LogP contribution is 2.29. The van der Waals surface area contributed by atoms with Gasteiger partial charge in [0.2, 0.25) is 0 Å². The van der Waals surface area contributed by atoms with E-state index in [2.05, 4.69) is 15.1 Å². The van der Waals surface area contributed by atoms with Gasteiger partial charge in [-0.25, -0.2) is 18.4 Å². The first kappa shape index (κ1) is 22.3. The van der Waals surface area contributed by atoms with E-state index in [0.717, 1.165) is 5.56 Å². The summed E-state index contributed by atoms with van der Waals surface area (Å²) in [4.78, 5) is 21.5. The highest BCUT2D eigenvalue weighted by atomic mass is 35.5. The number of hydrogen-bond acceptors (Lipinski definition) is 6. The SMILES string of the molecule is [2H]C([2H])(Oc1cc2n(c(=O)c1Cl)-c1cc(-n3ccc(C(C)(C)O)n3)ncc1CC/C=C\2)c1ncc(F)cc1F. The lowest BCUT2D eigenvalue weighted by atomic mass is 10.1. The number of pyridine rings is 3. The molecule has 5 heterocycles. The molecule has 1 aliphatic heterocycles. The lowest BCUT2D eigenvalue weighted by Gasteiger charge is -2.19. The second-order valence-corrected chi connectivity index (χ2v) is 9.27. The highest BCUT2D eigenvalue weighted by Gasteiger charge is 2.22. The van der Waals surface area contributed by atoms with Gasteiger partial charge in [0.1, 0.15) is 34.4 Å². The van der Waals surface area contributed by atoms with Crippen LogP contribution in [0.1, 0.15) is 45.7 Å². The number of rotatable bonds is 5. The van der Waals surface area contributed by atoms with Gasteiger partial charge in [-0.15, -0.1) is 0 Å². The quantitative estimate of drug-likeness (QED) is 0.410. The van der Waals surface area contributed by atoms with Gasteiger partial charge in [0.25, 0.3) is 5.56 Å². The summed E-state index contributed by atoms with van der Waals surface area (Å²) in [5, 5.41) is 14.2. The van der Waals surface area contributed by atoms with Crippen molar-refractivity contribution in [2.45, 2.75) is 38.8 Å². The van der Waals surface area contributed by atoms with E-state index in [4.69, 9.17) is 19.1 Å². The van der Waals surface area contributed by atoms with E-state index in [1.165, 1.54) is 15.3 Å². The van der Waals surface area contributed by atoms with Crippen LogP contribution < -0.4 is 10.3 Å². The molecule has 1 aliphatic rings. The Kier molecular flexibility index (Phi) is 5.75. The molecule has 0 aliphatic carbocycles. The maximum Gasteiger partial charge on any atom is 0.278 e. The van der Waals surface area contributed by atoms with Crippen molar-refractivity contribution < 1.29 is 21.4 Å². The van der Waals surface area contributed by atoms with Crippen LogP contribution in [0, 0.1) is 11.6 Å². The fraction of sp³-hybridized carbons (Fsp3) is 0.231. The van der Waals surface area contributed by atoms with Gasteiger partial charge < -0.3 is 9.84 Å². The molecule has 0 bridgehead atoms. The molecule has 190 valence electrons. The van der Waals surface area contributed by atoms with Crippen LogP contribution in [0.15, 0.2) is 53.7 Å². The van der Waals surface area contributed by atoms with Gasteiger partial charge in [-0.3, -0.25) is 14.3 Å². The third-order valence-corrected chi connectivity index (χ3v) is 6.07. The van der Waals surface area contributed by atoms with E-state index in [1.54, 1.807) is 44.4 Å². The number of aromatic nitrogens is 5. The van der Waals surface area contributed by atoms with E-state index >= 15 is 0 Å². The smallest absolute Gasteiger partial charge is 0.278 e. The second-order valence-electron chi connectivity index (χ2n) is 8.89. The summed E-state index contributed by atoms with van der Waals surface area (Å²) >= 11 is 6.38. The first-order valence-corrected chi connectivity index (χ1v) is 11.6. The fourth-order valence-corrected chi connectivity index (χ4v) is 4.01. The lowest BCUT2D eigenvalue weighted by Crippen LogP contribution is -2.24. The Labute approximate surface area is 218 Å². The second kappa shape index (κ2) is 9.53. The van der Waals surface area contributed by atoms with Gasteiger partial charge in [-0.05, 0) is 44.4 Å². The zero-order valence-electron chi connectivity index (χ0n) is 21.7. The van der Waals surface area contributed by atoms with E-state index in [1.807, 2.05) is 6.08 Å². The number of allylic oxidation sites excluding steroid dienone is 1. The number of aryl methyl sites for hydroxylation is 1. The van der Waals surface area contributed by atoms with Crippen LogP contribution in [0.2, 0.25) is 5.02 Å². The number of fused-ring (bicyclic) bond motifs is 3. The van der Waals surface area contributed by atoms with Crippen molar-refractivity contribution in [1.29, 1.82) is 0 Å². The van der Waals surface area contributed by atoms with Crippen LogP contribution in [0.5, 0.6) is 5.75 Å². The summed E-state index contributed by atoms with van der Waals surface area (Å²) in [5.74, 6) is -2.18.